The van der Waals surface area contributed by atoms with Crippen LogP contribution < -0.4 is 0 Å². The van der Waals surface area contributed by atoms with E-state index < -0.39 is 0 Å². The van der Waals surface area contributed by atoms with Gasteiger partial charge in [-0.3, -0.25) is 0 Å². The maximum absolute atomic E-state index is 2.31. The average Bonchev–Trinajstić information content (AvgIpc) is 3.23. The van der Waals surface area contributed by atoms with Gasteiger partial charge in [0.25, 0.3) is 0 Å². The molecular weight excluding hydrogens is 216 g/mol. The van der Waals surface area contributed by atoms with Gasteiger partial charge in [0.1, 0.15) is 0 Å². The summed E-state index contributed by atoms with van der Waals surface area (Å²) in [5.74, 6) is 0.944. The van der Waals surface area contributed by atoms with E-state index in [2.05, 4.69) is 55.5 Å². The minimum atomic E-state index is 0.944. The highest BCUT2D eigenvalue weighted by Gasteiger charge is 2.22. The molecule has 1 saturated carbocycles. The lowest BCUT2D eigenvalue weighted by Crippen LogP contribution is -1.94. The summed E-state index contributed by atoms with van der Waals surface area (Å²) in [5, 5.41) is 0. The lowest BCUT2D eigenvalue weighted by atomic mass is 9.92. The molecule has 1 aliphatic rings. The van der Waals surface area contributed by atoms with Crippen LogP contribution in [0.2, 0.25) is 0 Å². The molecule has 2 aromatic rings. The Balaban J connectivity index is 2.04. The molecule has 0 aliphatic heterocycles. The van der Waals surface area contributed by atoms with E-state index in [4.69, 9.17) is 0 Å². The van der Waals surface area contributed by atoms with Crippen molar-refractivity contribution in [3.8, 4) is 11.1 Å². The van der Waals surface area contributed by atoms with Gasteiger partial charge in [-0.2, -0.15) is 0 Å². The first-order valence-corrected chi connectivity index (χ1v) is 7.04. The molecule has 0 heterocycles. The van der Waals surface area contributed by atoms with Gasteiger partial charge in [-0.05, 0) is 53.9 Å². The minimum absolute atomic E-state index is 0.944. The second kappa shape index (κ2) is 4.97. The van der Waals surface area contributed by atoms with Gasteiger partial charge in [-0.25, -0.2) is 0 Å². The highest BCUT2D eigenvalue weighted by molar-refractivity contribution is 5.70. The SMILES string of the molecule is CCc1ccccc1-c1ccccc1CC1CC1. The monoisotopic (exact) mass is 236 g/mol. The molecular formula is C18H20. The van der Waals surface area contributed by atoms with Crippen molar-refractivity contribution in [3.05, 3.63) is 59.7 Å². The van der Waals surface area contributed by atoms with Crippen LogP contribution in [0.15, 0.2) is 48.5 Å². The average molecular weight is 236 g/mol. The van der Waals surface area contributed by atoms with Crippen molar-refractivity contribution in [2.45, 2.75) is 32.6 Å². The summed E-state index contributed by atoms with van der Waals surface area (Å²) < 4.78 is 0. The Hall–Kier alpha value is -1.56. The van der Waals surface area contributed by atoms with E-state index >= 15 is 0 Å². The van der Waals surface area contributed by atoms with Crippen molar-refractivity contribution < 1.29 is 0 Å². The van der Waals surface area contributed by atoms with Crippen LogP contribution in [-0.2, 0) is 12.8 Å². The highest BCUT2D eigenvalue weighted by atomic mass is 14.3. The first-order chi connectivity index (χ1) is 8.88. The molecule has 0 amide bonds. The molecule has 0 spiro atoms. The molecule has 3 rings (SSSR count). The van der Waals surface area contributed by atoms with Crippen LogP contribution in [0.1, 0.15) is 30.9 Å². The predicted octanol–water partition coefficient (Wildman–Crippen LogP) is 4.87. The summed E-state index contributed by atoms with van der Waals surface area (Å²) in [6, 6.07) is 17.8. The number of aryl methyl sites for hydroxylation is 1. The summed E-state index contributed by atoms with van der Waals surface area (Å²) in [5.41, 5.74) is 5.86. The second-order valence-electron chi connectivity index (χ2n) is 5.32. The lowest BCUT2D eigenvalue weighted by molar-refractivity contribution is 0.834. The smallest absolute Gasteiger partial charge is 0.0149 e. The fraction of sp³-hybridized carbons (Fsp3) is 0.333. The molecule has 0 bridgehead atoms. The van der Waals surface area contributed by atoms with E-state index in [0.29, 0.717) is 0 Å². The maximum Gasteiger partial charge on any atom is -0.0149 e. The first kappa shape index (κ1) is 11.5. The molecule has 1 aliphatic carbocycles. The van der Waals surface area contributed by atoms with Gasteiger partial charge in [-0.1, -0.05) is 55.5 Å². The van der Waals surface area contributed by atoms with Gasteiger partial charge in [0.05, 0.1) is 0 Å². The van der Waals surface area contributed by atoms with Crippen molar-refractivity contribution in [1.82, 2.24) is 0 Å². The summed E-state index contributed by atoms with van der Waals surface area (Å²) in [7, 11) is 0. The quantitative estimate of drug-likeness (QED) is 0.710. The third kappa shape index (κ3) is 2.33. The summed E-state index contributed by atoms with van der Waals surface area (Å²) in [6.07, 6.45) is 5.20. The summed E-state index contributed by atoms with van der Waals surface area (Å²) in [4.78, 5) is 0. The van der Waals surface area contributed by atoms with E-state index in [-0.39, 0.29) is 0 Å². The molecule has 0 N–H and O–H groups in total. The molecule has 0 radical (unpaired) electrons. The first-order valence-electron chi connectivity index (χ1n) is 7.04. The number of hydrogen-bond acceptors (Lipinski definition) is 0. The van der Waals surface area contributed by atoms with Crippen molar-refractivity contribution in [2.75, 3.05) is 0 Å². The van der Waals surface area contributed by atoms with E-state index in [0.717, 1.165) is 12.3 Å². The van der Waals surface area contributed by atoms with E-state index in [1.807, 2.05) is 0 Å². The zero-order chi connectivity index (χ0) is 12.4. The van der Waals surface area contributed by atoms with Gasteiger partial charge < -0.3 is 0 Å². The Bertz CT molecular complexity index is 535. The van der Waals surface area contributed by atoms with Crippen LogP contribution >= 0.6 is 0 Å². The Morgan fingerprint density at radius 3 is 2.00 bits per heavy atom. The molecule has 0 nitrogen and oxygen atoms in total. The van der Waals surface area contributed by atoms with E-state index in [1.54, 1.807) is 0 Å². The van der Waals surface area contributed by atoms with Gasteiger partial charge >= 0.3 is 0 Å². The molecule has 1 fully saturated rings. The third-order valence-corrected chi connectivity index (χ3v) is 3.91. The van der Waals surface area contributed by atoms with Crippen molar-refractivity contribution in [3.63, 3.8) is 0 Å². The normalized spacial score (nSPS) is 14.7. The molecule has 0 atom stereocenters. The largest absolute Gasteiger partial charge is 0.0620 e. The predicted molar refractivity (Wildman–Crippen MR) is 77.7 cm³/mol. The fourth-order valence-electron chi connectivity index (χ4n) is 2.69. The Morgan fingerprint density at radius 1 is 0.833 bits per heavy atom. The molecule has 18 heavy (non-hydrogen) atoms. The fourth-order valence-corrected chi connectivity index (χ4v) is 2.69. The molecule has 92 valence electrons. The zero-order valence-corrected chi connectivity index (χ0v) is 11.0. The molecule has 0 unspecified atom stereocenters. The Morgan fingerprint density at radius 2 is 1.39 bits per heavy atom. The summed E-state index contributed by atoms with van der Waals surface area (Å²) in [6.45, 7) is 2.24. The molecule has 0 heteroatoms. The number of benzene rings is 2. The van der Waals surface area contributed by atoms with Gasteiger partial charge in [0.2, 0.25) is 0 Å². The van der Waals surface area contributed by atoms with Crippen LogP contribution in [-0.4, -0.2) is 0 Å². The summed E-state index contributed by atoms with van der Waals surface area (Å²) >= 11 is 0. The standard InChI is InChI=1S/C18H20/c1-2-15-7-3-5-9-17(15)18-10-6-4-8-16(18)13-14-11-12-14/h3-10,14H,2,11-13H2,1H3. The van der Waals surface area contributed by atoms with Crippen molar-refractivity contribution >= 4 is 0 Å². The van der Waals surface area contributed by atoms with Crippen LogP contribution in [0.5, 0.6) is 0 Å². The molecule has 0 aromatic heterocycles. The maximum atomic E-state index is 2.31. The van der Waals surface area contributed by atoms with Gasteiger partial charge in [-0.15, -0.1) is 0 Å². The molecule has 2 aromatic carbocycles. The van der Waals surface area contributed by atoms with E-state index in [1.165, 1.54) is 41.5 Å². The number of hydrogen-bond donors (Lipinski definition) is 0. The van der Waals surface area contributed by atoms with Gasteiger partial charge in [0, 0.05) is 0 Å². The highest BCUT2D eigenvalue weighted by Crippen LogP contribution is 2.36. The minimum Gasteiger partial charge on any atom is -0.0620 e. The van der Waals surface area contributed by atoms with E-state index in [9.17, 15) is 0 Å². The molecule has 0 saturated heterocycles. The topological polar surface area (TPSA) is 0 Å². The Kier molecular flexibility index (Phi) is 3.19. The zero-order valence-electron chi connectivity index (χ0n) is 11.0. The van der Waals surface area contributed by atoms with Gasteiger partial charge in [0.15, 0.2) is 0 Å². The van der Waals surface area contributed by atoms with Crippen LogP contribution in [0.3, 0.4) is 0 Å². The lowest BCUT2D eigenvalue weighted by Gasteiger charge is -2.12. The van der Waals surface area contributed by atoms with Crippen molar-refractivity contribution in [2.24, 2.45) is 5.92 Å². The third-order valence-electron chi connectivity index (χ3n) is 3.91. The number of rotatable bonds is 4. The Labute approximate surface area is 110 Å². The second-order valence-corrected chi connectivity index (χ2v) is 5.32. The van der Waals surface area contributed by atoms with Crippen molar-refractivity contribution in [1.29, 1.82) is 0 Å². The van der Waals surface area contributed by atoms with Crippen LogP contribution in [0.25, 0.3) is 11.1 Å². The van der Waals surface area contributed by atoms with Crippen LogP contribution in [0, 0.1) is 5.92 Å². The van der Waals surface area contributed by atoms with Crippen LogP contribution in [0.4, 0.5) is 0 Å².